The van der Waals surface area contributed by atoms with Crippen molar-refractivity contribution in [3.63, 3.8) is 0 Å². The molecular weight excluding hydrogens is 681 g/mol. The van der Waals surface area contributed by atoms with Crippen LogP contribution in [-0.4, -0.2) is 71.1 Å². The number of carbonyl (C=O) groups excluding carboxylic acids is 3. The highest BCUT2D eigenvalue weighted by Crippen LogP contribution is 2.60. The van der Waals surface area contributed by atoms with E-state index in [1.165, 1.54) is 12.1 Å². The van der Waals surface area contributed by atoms with Crippen molar-refractivity contribution >= 4 is 59.6 Å². The number of non-ortho nitro benzene ring substituents is 1. The third-order valence-electron chi connectivity index (χ3n) is 11.6. The molecule has 0 radical (unpaired) electrons. The minimum Gasteiger partial charge on any atom is -0.432 e. The number of aliphatic hydroxyl groups excluding tert-OH is 1. The second kappa shape index (κ2) is 12.3. The number of rotatable bonds is 8. The highest BCUT2D eigenvalue weighted by atomic mass is 28.4. The van der Waals surface area contributed by atoms with Crippen molar-refractivity contribution in [1.29, 1.82) is 0 Å². The first-order valence-corrected chi connectivity index (χ1v) is 20.7. The van der Waals surface area contributed by atoms with Crippen LogP contribution in [0, 0.1) is 16.0 Å². The van der Waals surface area contributed by atoms with Crippen molar-refractivity contribution in [2.75, 3.05) is 23.0 Å². The minimum absolute atomic E-state index is 0.0872. The van der Waals surface area contributed by atoms with Crippen molar-refractivity contribution < 1.29 is 33.9 Å². The molecule has 3 amide bonds. The van der Waals surface area contributed by atoms with Gasteiger partial charge in [-0.15, -0.1) is 0 Å². The first kappa shape index (κ1) is 34.1. The molecule has 8 rings (SSSR count). The number of benzene rings is 4. The minimum atomic E-state index is -3.11. The van der Waals surface area contributed by atoms with E-state index in [2.05, 4.69) is 0 Å². The molecule has 2 fully saturated rings. The smallest absolute Gasteiger partial charge is 0.269 e. The standard InChI is InChI=1S/C39H40N4O8Si/c1-23-36(52(2,3)50)33(20-34(45)40-18-6-9-28(40)22-44)51-39(23)30-19-27(43(48)49)16-17-31(30)41(38(39)47)21-24-12-14-26(15-13-24)42-32-11-5-8-25-7-4-10-29(35(25)32)37(42)46/h4-5,7-8,10-17,19,23,28,33,36,44,50H,6,9,18,20-22H2,1-3H3/t23-,28+,33+,36-,39+/m1/s1. The summed E-state index contributed by atoms with van der Waals surface area (Å²) in [5.41, 5.74) is 1.28. The highest BCUT2D eigenvalue weighted by molar-refractivity contribution is 6.71. The number of hydrogen-bond acceptors (Lipinski definition) is 8. The van der Waals surface area contributed by atoms with Gasteiger partial charge >= 0.3 is 0 Å². The van der Waals surface area contributed by atoms with Gasteiger partial charge in [-0.3, -0.25) is 29.4 Å². The van der Waals surface area contributed by atoms with Gasteiger partial charge < -0.3 is 24.4 Å². The molecule has 0 unspecified atom stereocenters. The zero-order valence-electron chi connectivity index (χ0n) is 29.2. The Bertz CT molecular complexity index is 2150. The van der Waals surface area contributed by atoms with E-state index in [1.807, 2.05) is 67.6 Å². The van der Waals surface area contributed by atoms with Crippen LogP contribution in [-0.2, 0) is 26.5 Å². The van der Waals surface area contributed by atoms with Crippen LogP contribution < -0.4 is 9.80 Å². The fourth-order valence-corrected chi connectivity index (χ4v) is 11.8. The Morgan fingerprint density at radius 1 is 1.04 bits per heavy atom. The molecule has 5 atom stereocenters. The van der Waals surface area contributed by atoms with Gasteiger partial charge in [-0.1, -0.05) is 43.3 Å². The molecule has 0 bridgehead atoms. The van der Waals surface area contributed by atoms with Gasteiger partial charge in [0.2, 0.25) is 5.91 Å². The normalized spacial score (nSPS) is 25.2. The van der Waals surface area contributed by atoms with Gasteiger partial charge in [0.1, 0.15) is 0 Å². The molecule has 13 heteroatoms. The van der Waals surface area contributed by atoms with Gasteiger partial charge in [0.05, 0.1) is 53.6 Å². The lowest BCUT2D eigenvalue weighted by molar-refractivity contribution is -0.385. The number of hydrogen-bond donors (Lipinski definition) is 2. The molecule has 4 heterocycles. The topological polar surface area (TPSA) is 154 Å². The molecule has 0 saturated carbocycles. The van der Waals surface area contributed by atoms with Crippen molar-refractivity contribution in [3.05, 3.63) is 106 Å². The number of nitro groups is 1. The van der Waals surface area contributed by atoms with Gasteiger partial charge in [0.15, 0.2) is 13.9 Å². The molecular formula is C39H40N4O8Si. The Morgan fingerprint density at radius 3 is 2.46 bits per heavy atom. The van der Waals surface area contributed by atoms with Crippen molar-refractivity contribution in [3.8, 4) is 0 Å². The number of nitro benzene ring substituents is 1. The van der Waals surface area contributed by atoms with Crippen LogP contribution in [0.5, 0.6) is 0 Å². The summed E-state index contributed by atoms with van der Waals surface area (Å²) in [7, 11) is -3.11. The van der Waals surface area contributed by atoms with Gasteiger partial charge in [0.25, 0.3) is 17.5 Å². The van der Waals surface area contributed by atoms with Crippen molar-refractivity contribution in [2.45, 2.75) is 69.1 Å². The predicted molar refractivity (Wildman–Crippen MR) is 197 cm³/mol. The lowest BCUT2D eigenvalue weighted by Gasteiger charge is -2.32. The Balaban J connectivity index is 1.13. The summed E-state index contributed by atoms with van der Waals surface area (Å²) < 4.78 is 6.77. The summed E-state index contributed by atoms with van der Waals surface area (Å²) in [6.07, 6.45) is 0.559. The Labute approximate surface area is 301 Å². The molecule has 4 aromatic carbocycles. The average Bonchev–Trinajstić information content (AvgIpc) is 3.85. The van der Waals surface area contributed by atoms with E-state index in [0.29, 0.717) is 35.5 Å². The molecule has 4 aromatic rings. The quantitative estimate of drug-likeness (QED) is 0.132. The number of amides is 3. The summed E-state index contributed by atoms with van der Waals surface area (Å²) in [6.45, 7) is 5.83. The van der Waals surface area contributed by atoms with Gasteiger partial charge in [-0.25, -0.2) is 0 Å². The summed E-state index contributed by atoms with van der Waals surface area (Å²) in [5.74, 6) is -1.36. The summed E-state index contributed by atoms with van der Waals surface area (Å²) in [5, 5.41) is 23.8. The summed E-state index contributed by atoms with van der Waals surface area (Å²) >= 11 is 0. The number of ether oxygens (including phenoxy) is 1. The van der Waals surface area contributed by atoms with Crippen LogP contribution in [0.4, 0.5) is 22.7 Å². The van der Waals surface area contributed by atoms with Gasteiger partial charge in [-0.05, 0) is 67.2 Å². The number of nitrogens with zero attached hydrogens (tertiary/aromatic N) is 4. The summed E-state index contributed by atoms with van der Waals surface area (Å²) in [4.78, 5) is 70.1. The largest absolute Gasteiger partial charge is 0.432 e. The molecule has 268 valence electrons. The van der Waals surface area contributed by atoms with Crippen LogP contribution >= 0.6 is 0 Å². The average molecular weight is 721 g/mol. The van der Waals surface area contributed by atoms with E-state index >= 15 is 0 Å². The second-order valence-corrected chi connectivity index (χ2v) is 18.9. The number of fused-ring (bicyclic) bond motifs is 2. The Morgan fingerprint density at radius 2 is 1.77 bits per heavy atom. The molecule has 4 aliphatic rings. The number of carbonyl (C=O) groups is 3. The number of aliphatic hydroxyl groups is 1. The zero-order chi connectivity index (χ0) is 36.7. The molecule has 4 aliphatic heterocycles. The maximum Gasteiger partial charge on any atom is 0.269 e. The van der Waals surface area contributed by atoms with Crippen molar-refractivity contribution in [2.24, 2.45) is 5.92 Å². The monoisotopic (exact) mass is 720 g/mol. The van der Waals surface area contributed by atoms with Crippen LogP contribution in [0.2, 0.25) is 18.6 Å². The third kappa shape index (κ3) is 5.09. The maximum absolute atomic E-state index is 14.9. The van der Waals surface area contributed by atoms with E-state index in [-0.39, 0.29) is 43.1 Å². The predicted octanol–water partition coefficient (Wildman–Crippen LogP) is 5.76. The molecule has 2 saturated heterocycles. The van der Waals surface area contributed by atoms with E-state index < -0.39 is 42.3 Å². The third-order valence-corrected chi connectivity index (χ3v) is 14.1. The molecule has 0 aromatic heterocycles. The first-order valence-electron chi connectivity index (χ1n) is 17.7. The highest BCUT2D eigenvalue weighted by Gasteiger charge is 2.66. The zero-order valence-corrected chi connectivity index (χ0v) is 30.2. The molecule has 2 N–H and O–H groups in total. The molecule has 1 spiro atoms. The van der Waals surface area contributed by atoms with Gasteiger partial charge in [0, 0.05) is 46.8 Å². The fraction of sp³-hybridized carbons (Fsp3) is 0.359. The SMILES string of the molecule is C[C@@H]1[C@@H]([Si](C)(C)O)[C@H](CC(=O)N2CCC[C@H]2CO)O[C@@]12C(=O)N(Cc1ccc(N3C(=O)c4cccc5cccc3c45)cc1)c1ccc([N+](=O)[O-])cc12. The van der Waals surface area contributed by atoms with E-state index in [0.717, 1.165) is 28.4 Å². The van der Waals surface area contributed by atoms with E-state index in [9.17, 15) is 34.4 Å². The lowest BCUT2D eigenvalue weighted by atomic mass is 9.82. The molecule has 12 nitrogen and oxygen atoms in total. The van der Waals surface area contributed by atoms with Gasteiger partial charge in [-0.2, -0.15) is 0 Å². The van der Waals surface area contributed by atoms with Crippen LogP contribution in [0.1, 0.15) is 47.7 Å². The van der Waals surface area contributed by atoms with Crippen LogP contribution in [0.15, 0.2) is 78.9 Å². The van der Waals surface area contributed by atoms with E-state index in [4.69, 9.17) is 4.74 Å². The van der Waals surface area contributed by atoms with E-state index in [1.54, 1.807) is 33.9 Å². The molecule has 0 aliphatic carbocycles. The maximum atomic E-state index is 14.9. The van der Waals surface area contributed by atoms with Crippen molar-refractivity contribution in [1.82, 2.24) is 4.90 Å². The van der Waals surface area contributed by atoms with Crippen LogP contribution in [0.25, 0.3) is 10.8 Å². The molecule has 52 heavy (non-hydrogen) atoms. The fourth-order valence-electron chi connectivity index (χ4n) is 9.28. The Kier molecular flexibility index (Phi) is 8.10. The first-order chi connectivity index (χ1) is 24.8. The Hall–Kier alpha value is -4.95. The van der Waals surface area contributed by atoms with Crippen LogP contribution in [0.3, 0.4) is 0 Å². The second-order valence-electron chi connectivity index (χ2n) is 15.0. The number of anilines is 3. The lowest BCUT2D eigenvalue weighted by Crippen LogP contribution is -2.46. The number of likely N-dealkylation sites (tertiary alicyclic amines) is 1. The summed E-state index contributed by atoms with van der Waals surface area (Å²) in [6, 6.07) is 22.9.